The Bertz CT molecular complexity index is 1180. The number of anilines is 1. The van der Waals surface area contributed by atoms with Crippen molar-refractivity contribution in [2.24, 2.45) is 0 Å². The second-order valence-electron chi connectivity index (χ2n) is 6.14. The number of methoxy groups -OCH3 is 4. The van der Waals surface area contributed by atoms with Gasteiger partial charge in [-0.15, -0.1) is 11.3 Å². The van der Waals surface area contributed by atoms with Crippen LogP contribution in [-0.2, 0) is 0 Å². The highest BCUT2D eigenvalue weighted by molar-refractivity contribution is 7.14. The molecule has 3 aromatic rings. The van der Waals surface area contributed by atoms with Crippen LogP contribution in [0.25, 0.3) is 11.3 Å². The summed E-state index contributed by atoms with van der Waals surface area (Å²) >= 11 is 1.06. The lowest BCUT2D eigenvalue weighted by Gasteiger charge is -2.14. The zero-order chi connectivity index (χ0) is 23.4. The van der Waals surface area contributed by atoms with Crippen LogP contribution in [0.3, 0.4) is 0 Å². The van der Waals surface area contributed by atoms with E-state index in [-0.39, 0.29) is 27.9 Å². The predicted octanol–water partition coefficient (Wildman–Crippen LogP) is 4.14. The molecule has 32 heavy (non-hydrogen) atoms. The molecule has 0 saturated heterocycles. The van der Waals surface area contributed by atoms with E-state index >= 15 is 0 Å². The Hall–Kier alpha value is -3.93. The van der Waals surface area contributed by atoms with Gasteiger partial charge in [0.2, 0.25) is 11.5 Å². The molecule has 1 N–H and O–H groups in total. The summed E-state index contributed by atoms with van der Waals surface area (Å²) in [4.78, 5) is 28.1. The van der Waals surface area contributed by atoms with Crippen molar-refractivity contribution in [3.63, 3.8) is 0 Å². The fourth-order valence-electron chi connectivity index (χ4n) is 3.00. The number of thiazole rings is 1. The van der Waals surface area contributed by atoms with E-state index in [1.54, 1.807) is 5.38 Å². The number of halogens is 1. The number of benzene rings is 2. The molecule has 168 valence electrons. The summed E-state index contributed by atoms with van der Waals surface area (Å²) in [7, 11) is 5.27. The van der Waals surface area contributed by atoms with Gasteiger partial charge in [0.1, 0.15) is 17.1 Å². The number of hydrogen-bond acceptors (Lipinski definition) is 9. The smallest absolute Gasteiger partial charge is 0.327 e. The first-order valence-corrected chi connectivity index (χ1v) is 9.80. The quantitative estimate of drug-likeness (QED) is 0.391. The van der Waals surface area contributed by atoms with Crippen LogP contribution >= 0.6 is 11.3 Å². The largest absolute Gasteiger partial charge is 0.496 e. The highest BCUT2D eigenvalue weighted by Gasteiger charge is 2.32. The minimum Gasteiger partial charge on any atom is -0.496 e. The molecule has 0 bridgehead atoms. The van der Waals surface area contributed by atoms with Gasteiger partial charge in [0.05, 0.1) is 39.1 Å². The molecule has 12 heteroatoms. The molecule has 0 unspecified atom stereocenters. The third kappa shape index (κ3) is 4.25. The van der Waals surface area contributed by atoms with Gasteiger partial charge in [-0.3, -0.25) is 20.2 Å². The van der Waals surface area contributed by atoms with E-state index in [1.807, 2.05) is 0 Å². The molecule has 0 radical (unpaired) electrons. The van der Waals surface area contributed by atoms with Gasteiger partial charge in [0.25, 0.3) is 5.91 Å². The third-order valence-electron chi connectivity index (χ3n) is 4.39. The van der Waals surface area contributed by atoms with Crippen molar-refractivity contribution in [2.45, 2.75) is 0 Å². The summed E-state index contributed by atoms with van der Waals surface area (Å²) in [5, 5.41) is 15.9. The van der Waals surface area contributed by atoms with Gasteiger partial charge in [-0.05, 0) is 18.2 Å². The lowest BCUT2D eigenvalue weighted by molar-refractivity contribution is -0.386. The molecule has 0 atom stereocenters. The van der Waals surface area contributed by atoms with Gasteiger partial charge >= 0.3 is 5.69 Å². The lowest BCUT2D eigenvalue weighted by atomic mass is 10.1. The third-order valence-corrected chi connectivity index (χ3v) is 5.15. The Labute approximate surface area is 185 Å². The number of carbonyl (C=O) groups is 1. The van der Waals surface area contributed by atoms with Crippen LogP contribution < -0.4 is 24.3 Å². The minimum atomic E-state index is -0.817. The molecule has 3 rings (SSSR count). The SMILES string of the molecule is COc1ccc(F)cc1-c1csc(NC(=O)c2cc(OC)c(OC)c(OC)c2[N+](=O)[O-])n1. The summed E-state index contributed by atoms with van der Waals surface area (Å²) in [6.07, 6.45) is 0. The van der Waals surface area contributed by atoms with E-state index in [4.69, 9.17) is 18.9 Å². The first kappa shape index (κ1) is 22.7. The van der Waals surface area contributed by atoms with Gasteiger partial charge in [-0.2, -0.15) is 0 Å². The van der Waals surface area contributed by atoms with Crippen LogP contribution in [0, 0.1) is 15.9 Å². The molecule has 1 amide bonds. The van der Waals surface area contributed by atoms with E-state index in [9.17, 15) is 19.3 Å². The van der Waals surface area contributed by atoms with Crippen LogP contribution in [0.1, 0.15) is 10.4 Å². The Morgan fingerprint density at radius 3 is 2.34 bits per heavy atom. The second-order valence-corrected chi connectivity index (χ2v) is 6.99. The summed E-state index contributed by atoms with van der Waals surface area (Å²) in [6, 6.07) is 5.14. The lowest BCUT2D eigenvalue weighted by Crippen LogP contribution is -2.15. The predicted molar refractivity (Wildman–Crippen MR) is 115 cm³/mol. The number of nitro groups is 1. The number of carbonyl (C=O) groups excluding carboxylic acids is 1. The monoisotopic (exact) mass is 463 g/mol. The van der Waals surface area contributed by atoms with E-state index in [0.29, 0.717) is 17.0 Å². The van der Waals surface area contributed by atoms with Crippen molar-refractivity contribution in [3.05, 3.63) is 51.1 Å². The van der Waals surface area contributed by atoms with E-state index in [0.717, 1.165) is 11.3 Å². The van der Waals surface area contributed by atoms with Crippen molar-refractivity contribution >= 4 is 28.1 Å². The number of aromatic nitrogens is 1. The first-order chi connectivity index (χ1) is 15.3. The Balaban J connectivity index is 2.00. The van der Waals surface area contributed by atoms with Crippen LogP contribution in [0.15, 0.2) is 29.6 Å². The Morgan fingerprint density at radius 1 is 1.06 bits per heavy atom. The number of nitrogens with one attached hydrogen (secondary N) is 1. The first-order valence-electron chi connectivity index (χ1n) is 8.92. The molecule has 2 aromatic carbocycles. The highest BCUT2D eigenvalue weighted by Crippen LogP contribution is 2.46. The van der Waals surface area contributed by atoms with E-state index in [1.165, 1.54) is 52.7 Å². The normalized spacial score (nSPS) is 10.4. The molecule has 0 fully saturated rings. The molecule has 0 spiro atoms. The Kier molecular flexibility index (Phi) is 6.73. The molecule has 1 heterocycles. The standard InChI is InChI=1S/C20H18FN3O7S/c1-28-14-6-5-10(21)7-11(14)13-9-32-20(22-13)23-19(25)12-8-15(29-2)17(30-3)18(31-4)16(12)24(26)27/h5-9H,1-4H3,(H,22,23,25). The van der Waals surface area contributed by atoms with Gasteiger partial charge in [0, 0.05) is 17.0 Å². The molecule has 0 aliphatic heterocycles. The van der Waals surface area contributed by atoms with Gasteiger partial charge in [0.15, 0.2) is 10.9 Å². The van der Waals surface area contributed by atoms with E-state index in [2.05, 4.69) is 10.3 Å². The van der Waals surface area contributed by atoms with Crippen molar-refractivity contribution in [2.75, 3.05) is 33.8 Å². The maximum atomic E-state index is 13.7. The van der Waals surface area contributed by atoms with Crippen LogP contribution in [0.4, 0.5) is 15.2 Å². The zero-order valence-electron chi connectivity index (χ0n) is 17.4. The average molecular weight is 463 g/mol. The molecular weight excluding hydrogens is 445 g/mol. The summed E-state index contributed by atoms with van der Waals surface area (Å²) in [6.45, 7) is 0. The topological polar surface area (TPSA) is 122 Å². The van der Waals surface area contributed by atoms with Crippen molar-refractivity contribution in [3.8, 4) is 34.3 Å². The zero-order valence-corrected chi connectivity index (χ0v) is 18.2. The maximum absolute atomic E-state index is 13.7. The molecule has 1 aromatic heterocycles. The fourth-order valence-corrected chi connectivity index (χ4v) is 3.70. The van der Waals surface area contributed by atoms with Gasteiger partial charge < -0.3 is 18.9 Å². The average Bonchev–Trinajstić information content (AvgIpc) is 3.25. The van der Waals surface area contributed by atoms with Gasteiger partial charge in [-0.1, -0.05) is 0 Å². The van der Waals surface area contributed by atoms with E-state index < -0.39 is 22.3 Å². The number of nitro benzene ring substituents is 1. The number of rotatable bonds is 8. The molecule has 0 aliphatic rings. The minimum absolute atomic E-state index is 0.0204. The molecule has 0 saturated carbocycles. The van der Waals surface area contributed by atoms with Crippen molar-refractivity contribution in [1.29, 1.82) is 0 Å². The second kappa shape index (κ2) is 9.47. The van der Waals surface area contributed by atoms with Crippen molar-refractivity contribution < 1.29 is 33.1 Å². The highest BCUT2D eigenvalue weighted by atomic mass is 32.1. The van der Waals surface area contributed by atoms with Crippen molar-refractivity contribution in [1.82, 2.24) is 4.98 Å². The van der Waals surface area contributed by atoms with Crippen LogP contribution in [0.5, 0.6) is 23.0 Å². The summed E-state index contributed by atoms with van der Waals surface area (Å²) in [5.41, 5.74) is -0.153. The van der Waals surface area contributed by atoms with Gasteiger partial charge in [-0.25, -0.2) is 9.37 Å². The summed E-state index contributed by atoms with van der Waals surface area (Å²) < 4.78 is 34.4. The summed E-state index contributed by atoms with van der Waals surface area (Å²) in [5.74, 6) is -1.10. The molecule has 0 aliphatic carbocycles. The number of hydrogen-bond donors (Lipinski definition) is 1. The number of amides is 1. The molecule has 10 nitrogen and oxygen atoms in total. The molecular formula is C20H18FN3O7S. The van der Waals surface area contributed by atoms with Crippen LogP contribution in [0.2, 0.25) is 0 Å². The number of ether oxygens (including phenoxy) is 4. The maximum Gasteiger partial charge on any atom is 0.327 e. The fraction of sp³-hybridized carbons (Fsp3) is 0.200. The van der Waals surface area contributed by atoms with Crippen LogP contribution in [-0.4, -0.2) is 44.3 Å². The number of nitrogens with zero attached hydrogens (tertiary/aromatic N) is 2. The Morgan fingerprint density at radius 2 is 1.75 bits per heavy atom.